The fourth-order valence-electron chi connectivity index (χ4n) is 2.47. The third kappa shape index (κ3) is 2.10. The van der Waals surface area contributed by atoms with Crippen molar-refractivity contribution in [3.63, 3.8) is 0 Å². The number of carbonyl (C=O) groups excluding carboxylic acids is 1. The van der Waals surface area contributed by atoms with Gasteiger partial charge < -0.3 is 10.6 Å². The maximum atomic E-state index is 13.8. The van der Waals surface area contributed by atoms with E-state index >= 15 is 0 Å². The smallest absolute Gasteiger partial charge is 0.224 e. The van der Waals surface area contributed by atoms with Gasteiger partial charge in [0, 0.05) is 24.6 Å². The highest BCUT2D eigenvalue weighted by Gasteiger charge is 2.39. The fraction of sp³-hybridized carbons (Fsp3) is 0.462. The lowest BCUT2D eigenvalue weighted by Gasteiger charge is -2.27. The summed E-state index contributed by atoms with van der Waals surface area (Å²) in [5.41, 5.74) is 6.06. The van der Waals surface area contributed by atoms with Crippen LogP contribution in [0.15, 0.2) is 18.2 Å². The number of likely N-dealkylation sites (tertiary alicyclic amines) is 1. The zero-order valence-electron chi connectivity index (χ0n) is 10.2. The summed E-state index contributed by atoms with van der Waals surface area (Å²) in [4.78, 5) is 13.3. The quantitative estimate of drug-likeness (QED) is 0.896. The molecule has 18 heavy (non-hydrogen) atoms. The molecule has 3 nitrogen and oxygen atoms in total. The number of hydrogen-bond acceptors (Lipinski definition) is 2. The van der Waals surface area contributed by atoms with Gasteiger partial charge in [0.25, 0.3) is 0 Å². The lowest BCUT2D eigenvalue weighted by molar-refractivity contribution is -0.129. The molecule has 0 saturated carbocycles. The minimum absolute atomic E-state index is 0.0991. The van der Waals surface area contributed by atoms with Crippen LogP contribution in [-0.4, -0.2) is 23.4 Å². The molecule has 1 saturated heterocycles. The van der Waals surface area contributed by atoms with Gasteiger partial charge in [-0.1, -0.05) is 19.1 Å². The van der Waals surface area contributed by atoms with E-state index in [-0.39, 0.29) is 17.9 Å². The minimum atomic E-state index is -0.909. The molecule has 0 bridgehead atoms. The largest absolute Gasteiger partial charge is 0.334 e. The van der Waals surface area contributed by atoms with Crippen LogP contribution in [0.25, 0.3) is 0 Å². The molecule has 1 aliphatic rings. The monoisotopic (exact) mass is 254 g/mol. The third-order valence-electron chi connectivity index (χ3n) is 3.24. The van der Waals surface area contributed by atoms with Gasteiger partial charge in [-0.15, -0.1) is 0 Å². The summed E-state index contributed by atoms with van der Waals surface area (Å²) in [5, 5.41) is 0. The second-order valence-electron chi connectivity index (χ2n) is 4.54. The van der Waals surface area contributed by atoms with E-state index in [0.29, 0.717) is 6.54 Å². The Morgan fingerprint density at radius 2 is 2.17 bits per heavy atom. The Kier molecular flexibility index (Phi) is 3.61. The Hall–Kier alpha value is -1.49. The molecule has 1 aromatic carbocycles. The van der Waals surface area contributed by atoms with Crippen molar-refractivity contribution in [2.75, 3.05) is 6.54 Å². The molecule has 1 heterocycles. The Bertz CT molecular complexity index is 464. The number of halogens is 2. The van der Waals surface area contributed by atoms with Crippen molar-refractivity contribution in [3.8, 4) is 0 Å². The molecule has 0 aliphatic carbocycles. The highest BCUT2D eigenvalue weighted by molar-refractivity contribution is 5.80. The SMILES string of the molecule is CCCN1C(=O)CC(N)C1c1cccc(F)c1F. The van der Waals surface area contributed by atoms with Gasteiger partial charge >= 0.3 is 0 Å². The molecule has 1 aliphatic heterocycles. The van der Waals surface area contributed by atoms with Crippen molar-refractivity contribution in [3.05, 3.63) is 35.4 Å². The van der Waals surface area contributed by atoms with Crippen LogP contribution < -0.4 is 5.73 Å². The van der Waals surface area contributed by atoms with Gasteiger partial charge in [-0.3, -0.25) is 4.79 Å². The molecule has 2 N–H and O–H groups in total. The Labute approximate surface area is 105 Å². The molecule has 2 rings (SSSR count). The molecule has 5 heteroatoms. The highest BCUT2D eigenvalue weighted by Crippen LogP contribution is 2.34. The van der Waals surface area contributed by atoms with E-state index in [2.05, 4.69) is 0 Å². The molecular formula is C13H16F2N2O. The van der Waals surface area contributed by atoms with Crippen molar-refractivity contribution in [1.29, 1.82) is 0 Å². The van der Waals surface area contributed by atoms with E-state index in [1.54, 1.807) is 4.90 Å². The molecule has 2 unspecified atom stereocenters. The number of hydrogen-bond donors (Lipinski definition) is 1. The van der Waals surface area contributed by atoms with E-state index in [4.69, 9.17) is 5.73 Å². The van der Waals surface area contributed by atoms with Gasteiger partial charge in [0.15, 0.2) is 11.6 Å². The molecule has 0 spiro atoms. The number of nitrogens with zero attached hydrogens (tertiary/aromatic N) is 1. The van der Waals surface area contributed by atoms with Crippen molar-refractivity contribution in [2.45, 2.75) is 31.8 Å². The van der Waals surface area contributed by atoms with Gasteiger partial charge in [-0.05, 0) is 12.5 Å². The maximum Gasteiger partial charge on any atom is 0.224 e. The number of amides is 1. The second kappa shape index (κ2) is 5.02. The minimum Gasteiger partial charge on any atom is -0.334 e. The van der Waals surface area contributed by atoms with Gasteiger partial charge in [-0.2, -0.15) is 0 Å². The van der Waals surface area contributed by atoms with E-state index in [1.807, 2.05) is 6.92 Å². The molecule has 0 radical (unpaired) electrons. The van der Waals surface area contributed by atoms with Gasteiger partial charge in [0.05, 0.1) is 6.04 Å². The molecule has 1 fully saturated rings. The van der Waals surface area contributed by atoms with Gasteiger partial charge in [0.2, 0.25) is 5.91 Å². The summed E-state index contributed by atoms with van der Waals surface area (Å²) in [6.45, 7) is 2.43. The van der Waals surface area contributed by atoms with Crippen LogP contribution >= 0.6 is 0 Å². The van der Waals surface area contributed by atoms with E-state index in [9.17, 15) is 13.6 Å². The summed E-state index contributed by atoms with van der Waals surface area (Å²) in [5.74, 6) is -1.91. The standard InChI is InChI=1S/C13H16F2N2O/c1-2-6-17-11(18)7-10(16)13(17)8-4-3-5-9(14)12(8)15/h3-5,10,13H,2,6-7,16H2,1H3. The molecule has 1 aromatic rings. The first-order chi connectivity index (χ1) is 8.56. The average molecular weight is 254 g/mol. The number of nitrogens with two attached hydrogens (primary N) is 1. The van der Waals surface area contributed by atoms with Crippen LogP contribution in [0.2, 0.25) is 0 Å². The maximum absolute atomic E-state index is 13.8. The third-order valence-corrected chi connectivity index (χ3v) is 3.24. The van der Waals surface area contributed by atoms with Crippen molar-refractivity contribution in [1.82, 2.24) is 4.90 Å². The van der Waals surface area contributed by atoms with Gasteiger partial charge in [0.1, 0.15) is 0 Å². The first-order valence-electron chi connectivity index (χ1n) is 6.05. The number of rotatable bonds is 3. The highest BCUT2D eigenvalue weighted by atomic mass is 19.2. The van der Waals surface area contributed by atoms with Crippen LogP contribution in [0.1, 0.15) is 31.4 Å². The van der Waals surface area contributed by atoms with Gasteiger partial charge in [-0.25, -0.2) is 8.78 Å². The normalized spacial score (nSPS) is 23.8. The number of carbonyl (C=O) groups is 1. The second-order valence-corrected chi connectivity index (χ2v) is 4.54. The van der Waals surface area contributed by atoms with Crippen LogP contribution in [0, 0.1) is 11.6 Å². The number of benzene rings is 1. The molecule has 2 atom stereocenters. The zero-order chi connectivity index (χ0) is 13.3. The summed E-state index contributed by atoms with van der Waals surface area (Å²) < 4.78 is 27.0. The van der Waals surface area contributed by atoms with Crippen molar-refractivity contribution >= 4 is 5.91 Å². The predicted octanol–water partition coefficient (Wildman–Crippen LogP) is 1.98. The predicted molar refractivity (Wildman–Crippen MR) is 63.7 cm³/mol. The molecule has 98 valence electrons. The summed E-state index contributed by atoms with van der Waals surface area (Å²) in [7, 11) is 0. The summed E-state index contributed by atoms with van der Waals surface area (Å²) in [6, 6.07) is 2.94. The lowest BCUT2D eigenvalue weighted by atomic mass is 10.00. The fourth-order valence-corrected chi connectivity index (χ4v) is 2.47. The summed E-state index contributed by atoms with van der Waals surface area (Å²) >= 11 is 0. The van der Waals surface area contributed by atoms with E-state index in [1.165, 1.54) is 12.1 Å². The van der Waals surface area contributed by atoms with E-state index in [0.717, 1.165) is 12.5 Å². The first-order valence-corrected chi connectivity index (χ1v) is 6.05. The van der Waals surface area contributed by atoms with Crippen LogP contribution in [0.4, 0.5) is 8.78 Å². The molecule has 0 aromatic heterocycles. The summed E-state index contributed by atoms with van der Waals surface area (Å²) in [6.07, 6.45) is 0.937. The first kappa shape index (κ1) is 13.0. The topological polar surface area (TPSA) is 46.3 Å². The van der Waals surface area contributed by atoms with Crippen LogP contribution in [-0.2, 0) is 4.79 Å². The van der Waals surface area contributed by atoms with Crippen molar-refractivity contribution in [2.24, 2.45) is 5.73 Å². The Morgan fingerprint density at radius 1 is 1.44 bits per heavy atom. The lowest BCUT2D eigenvalue weighted by Crippen LogP contribution is -2.34. The molecule has 1 amide bonds. The Balaban J connectivity index is 2.40. The van der Waals surface area contributed by atoms with E-state index < -0.39 is 23.7 Å². The van der Waals surface area contributed by atoms with Crippen LogP contribution in [0.5, 0.6) is 0 Å². The van der Waals surface area contributed by atoms with Crippen LogP contribution in [0.3, 0.4) is 0 Å². The zero-order valence-corrected chi connectivity index (χ0v) is 10.2. The molecular weight excluding hydrogens is 238 g/mol. The Morgan fingerprint density at radius 3 is 2.83 bits per heavy atom. The van der Waals surface area contributed by atoms with Crippen molar-refractivity contribution < 1.29 is 13.6 Å². The average Bonchev–Trinajstić information content (AvgIpc) is 2.59.